The molecule has 1 amide bonds. The molecule has 1 heterocycles. The second-order valence-electron chi connectivity index (χ2n) is 7.56. The summed E-state index contributed by atoms with van der Waals surface area (Å²) in [4.78, 5) is 12.5. The molecule has 0 unspecified atom stereocenters. The molecule has 0 spiro atoms. The Morgan fingerprint density at radius 3 is 2.85 bits per heavy atom. The minimum absolute atomic E-state index is 0.240. The molecule has 2 aromatic rings. The Morgan fingerprint density at radius 2 is 2.15 bits per heavy atom. The van der Waals surface area contributed by atoms with Crippen LogP contribution in [0.2, 0.25) is 0 Å². The third-order valence-corrected chi connectivity index (χ3v) is 5.63. The average molecular weight is 356 g/mol. The van der Waals surface area contributed by atoms with Gasteiger partial charge in [0.15, 0.2) is 5.69 Å². The molecule has 3 rings (SSSR count). The van der Waals surface area contributed by atoms with E-state index in [9.17, 15) is 9.18 Å². The lowest BCUT2D eigenvalue weighted by molar-refractivity contribution is 0.0947. The fourth-order valence-corrected chi connectivity index (χ4v) is 3.41. The number of hydrogen-bond donors (Lipinski definition) is 2. The predicted octanol–water partition coefficient (Wildman–Crippen LogP) is 3.85. The maximum atomic E-state index is 12.9. The number of rotatable bonds is 5. The molecule has 1 aromatic heterocycles. The van der Waals surface area contributed by atoms with E-state index in [-0.39, 0.29) is 17.1 Å². The van der Waals surface area contributed by atoms with E-state index in [2.05, 4.69) is 41.5 Å². The number of hydrazone groups is 1. The molecule has 6 heteroatoms. The van der Waals surface area contributed by atoms with E-state index in [0.29, 0.717) is 17.2 Å². The summed E-state index contributed by atoms with van der Waals surface area (Å²) in [5.41, 5.74) is 5.96. The second-order valence-corrected chi connectivity index (χ2v) is 7.56. The zero-order chi connectivity index (χ0) is 18.7. The third-order valence-electron chi connectivity index (χ3n) is 5.63. The highest BCUT2D eigenvalue weighted by Crippen LogP contribution is 2.40. The van der Waals surface area contributed by atoms with Crippen LogP contribution in [-0.4, -0.2) is 22.3 Å². The number of hydrogen-bond acceptors (Lipinski definition) is 3. The number of nitrogens with zero attached hydrogens (tertiary/aromatic N) is 2. The van der Waals surface area contributed by atoms with Crippen LogP contribution in [0.15, 0.2) is 29.4 Å². The van der Waals surface area contributed by atoms with Gasteiger partial charge in [0, 0.05) is 11.3 Å². The van der Waals surface area contributed by atoms with Crippen molar-refractivity contribution in [2.24, 2.45) is 16.4 Å². The topological polar surface area (TPSA) is 70.1 Å². The van der Waals surface area contributed by atoms with Crippen molar-refractivity contribution < 1.29 is 9.18 Å². The number of aromatic nitrogens is 2. The molecular formula is C20H25FN4O. The molecule has 26 heavy (non-hydrogen) atoms. The van der Waals surface area contributed by atoms with E-state index < -0.39 is 0 Å². The van der Waals surface area contributed by atoms with Crippen molar-refractivity contribution in [3.63, 3.8) is 0 Å². The first-order valence-corrected chi connectivity index (χ1v) is 9.06. The Hall–Kier alpha value is -2.50. The van der Waals surface area contributed by atoms with Gasteiger partial charge in [-0.2, -0.15) is 10.2 Å². The van der Waals surface area contributed by atoms with Crippen LogP contribution in [0.5, 0.6) is 0 Å². The van der Waals surface area contributed by atoms with E-state index in [4.69, 9.17) is 0 Å². The lowest BCUT2D eigenvalue weighted by Crippen LogP contribution is -2.30. The van der Waals surface area contributed by atoms with Gasteiger partial charge in [-0.1, -0.05) is 39.3 Å². The molecule has 0 fully saturated rings. The van der Waals surface area contributed by atoms with Gasteiger partial charge in [0.25, 0.3) is 5.91 Å². The summed E-state index contributed by atoms with van der Waals surface area (Å²) in [5, 5.41) is 11.2. The number of aromatic amines is 1. The predicted molar refractivity (Wildman–Crippen MR) is 99.6 cm³/mol. The molecule has 0 radical (unpaired) electrons. The quantitative estimate of drug-likeness (QED) is 0.631. The lowest BCUT2D eigenvalue weighted by atomic mass is 9.69. The summed E-state index contributed by atoms with van der Waals surface area (Å²) in [6.45, 7) is 6.79. The maximum absolute atomic E-state index is 12.9. The van der Waals surface area contributed by atoms with Crippen molar-refractivity contribution in [3.05, 3.63) is 52.6 Å². The molecular weight excluding hydrogens is 331 g/mol. The first-order valence-electron chi connectivity index (χ1n) is 9.06. The van der Waals surface area contributed by atoms with Crippen LogP contribution in [0, 0.1) is 17.2 Å². The molecule has 1 atom stereocenters. The monoisotopic (exact) mass is 356 g/mol. The minimum atomic E-state index is -0.323. The Bertz CT molecular complexity index is 808. The van der Waals surface area contributed by atoms with Gasteiger partial charge >= 0.3 is 0 Å². The summed E-state index contributed by atoms with van der Waals surface area (Å²) in [6.07, 6.45) is 5.48. The van der Waals surface area contributed by atoms with E-state index >= 15 is 0 Å². The molecule has 2 N–H and O–H groups in total. The first kappa shape index (κ1) is 18.3. The highest BCUT2D eigenvalue weighted by molar-refractivity contribution is 5.94. The Balaban J connectivity index is 1.70. The van der Waals surface area contributed by atoms with E-state index in [1.54, 1.807) is 12.1 Å². The van der Waals surface area contributed by atoms with Crippen LogP contribution in [0.3, 0.4) is 0 Å². The van der Waals surface area contributed by atoms with Crippen LogP contribution in [-0.2, 0) is 12.8 Å². The van der Waals surface area contributed by atoms with Crippen molar-refractivity contribution in [1.29, 1.82) is 0 Å². The summed E-state index contributed by atoms with van der Waals surface area (Å²) < 4.78 is 12.9. The molecule has 0 saturated heterocycles. The molecule has 1 aromatic carbocycles. The van der Waals surface area contributed by atoms with Crippen LogP contribution in [0.25, 0.3) is 0 Å². The SMILES string of the molecule is CCC(C)(C)[C@@H]1CCc2[nH]nc(C(=O)N/N=C/c3ccc(F)cc3)c2C1. The van der Waals surface area contributed by atoms with Crippen molar-refractivity contribution in [1.82, 2.24) is 15.6 Å². The summed E-state index contributed by atoms with van der Waals surface area (Å²) in [6, 6.07) is 5.89. The van der Waals surface area contributed by atoms with Gasteiger partial charge < -0.3 is 0 Å². The van der Waals surface area contributed by atoms with Gasteiger partial charge in [-0.3, -0.25) is 9.89 Å². The van der Waals surface area contributed by atoms with Gasteiger partial charge in [-0.05, 0) is 48.3 Å². The first-order chi connectivity index (χ1) is 12.4. The number of benzene rings is 1. The van der Waals surface area contributed by atoms with Gasteiger partial charge in [0.1, 0.15) is 5.82 Å². The molecule has 1 aliphatic rings. The molecule has 5 nitrogen and oxygen atoms in total. The number of fused-ring (bicyclic) bond motifs is 1. The van der Waals surface area contributed by atoms with Crippen molar-refractivity contribution in [2.75, 3.05) is 0 Å². The maximum Gasteiger partial charge on any atom is 0.292 e. The van der Waals surface area contributed by atoms with Gasteiger partial charge in [-0.15, -0.1) is 0 Å². The Labute approximate surface area is 153 Å². The molecule has 138 valence electrons. The summed E-state index contributed by atoms with van der Waals surface area (Å²) >= 11 is 0. The van der Waals surface area contributed by atoms with Gasteiger partial charge in [-0.25, -0.2) is 9.82 Å². The third kappa shape index (κ3) is 3.84. The van der Waals surface area contributed by atoms with Crippen molar-refractivity contribution in [3.8, 4) is 0 Å². The number of carbonyl (C=O) groups is 1. The number of H-pyrrole nitrogens is 1. The van der Waals surface area contributed by atoms with Crippen LogP contribution in [0.4, 0.5) is 4.39 Å². The normalized spacial score (nSPS) is 17.3. The minimum Gasteiger partial charge on any atom is -0.281 e. The highest BCUT2D eigenvalue weighted by atomic mass is 19.1. The summed E-state index contributed by atoms with van der Waals surface area (Å²) in [7, 11) is 0. The van der Waals surface area contributed by atoms with Crippen LogP contribution < -0.4 is 5.43 Å². The van der Waals surface area contributed by atoms with E-state index in [1.165, 1.54) is 18.3 Å². The van der Waals surface area contributed by atoms with E-state index in [0.717, 1.165) is 36.9 Å². The molecule has 0 saturated carbocycles. The molecule has 0 aliphatic heterocycles. The number of halogens is 1. The number of carbonyl (C=O) groups excluding carboxylic acids is 1. The standard InChI is InChI=1S/C20H25FN4O/c1-4-20(2,3)14-7-10-17-16(11-14)18(24-23-17)19(26)25-22-12-13-5-8-15(21)9-6-13/h5-6,8-9,12,14H,4,7,10-11H2,1-3H3,(H,23,24)(H,25,26)/b22-12+/t14-/m1/s1. The van der Waals surface area contributed by atoms with Crippen LogP contribution >= 0.6 is 0 Å². The van der Waals surface area contributed by atoms with Gasteiger partial charge in [0.05, 0.1) is 6.21 Å². The van der Waals surface area contributed by atoms with Crippen LogP contribution in [0.1, 0.15) is 60.9 Å². The Morgan fingerprint density at radius 1 is 1.42 bits per heavy atom. The lowest BCUT2D eigenvalue weighted by Gasteiger charge is -2.36. The van der Waals surface area contributed by atoms with E-state index in [1.807, 2.05) is 0 Å². The molecule has 0 bridgehead atoms. The highest BCUT2D eigenvalue weighted by Gasteiger charge is 2.34. The number of aryl methyl sites for hydroxylation is 1. The average Bonchev–Trinajstić information content (AvgIpc) is 3.06. The molecule has 1 aliphatic carbocycles. The Kier molecular flexibility index (Phi) is 5.20. The van der Waals surface area contributed by atoms with Crippen molar-refractivity contribution in [2.45, 2.75) is 46.5 Å². The fourth-order valence-electron chi connectivity index (χ4n) is 3.41. The fraction of sp³-hybridized carbons (Fsp3) is 0.450. The largest absolute Gasteiger partial charge is 0.292 e. The van der Waals surface area contributed by atoms with Gasteiger partial charge in [0.2, 0.25) is 0 Å². The number of amides is 1. The second kappa shape index (κ2) is 7.40. The zero-order valence-electron chi connectivity index (χ0n) is 15.5. The summed E-state index contributed by atoms with van der Waals surface area (Å²) in [5.74, 6) is -0.0958. The zero-order valence-corrected chi connectivity index (χ0v) is 15.5. The van der Waals surface area contributed by atoms with Crippen molar-refractivity contribution >= 4 is 12.1 Å². The smallest absolute Gasteiger partial charge is 0.281 e. The number of nitrogens with one attached hydrogen (secondary N) is 2.